The first-order chi connectivity index (χ1) is 11.3. The quantitative estimate of drug-likeness (QED) is 0.363. The first-order valence-corrected chi connectivity index (χ1v) is 7.04. The molecular formula is C16H17N7. The Morgan fingerprint density at radius 3 is 1.74 bits per heavy atom. The van der Waals surface area contributed by atoms with Gasteiger partial charge in [-0.1, -0.05) is 48.5 Å². The van der Waals surface area contributed by atoms with E-state index in [2.05, 4.69) is 26.1 Å². The molecule has 0 saturated carbocycles. The molecule has 3 rings (SSSR count). The predicted molar refractivity (Wildman–Crippen MR) is 92.8 cm³/mol. The Bertz CT molecular complexity index is 750. The van der Waals surface area contributed by atoms with Crippen LogP contribution in [-0.4, -0.2) is 9.97 Å². The number of nitrogen functional groups attached to an aromatic ring is 2. The Kier molecular flexibility index (Phi) is 4.32. The third kappa shape index (κ3) is 3.20. The smallest absolute Gasteiger partial charge is 0.231 e. The van der Waals surface area contributed by atoms with Gasteiger partial charge in [-0.05, 0) is 17.7 Å². The summed E-state index contributed by atoms with van der Waals surface area (Å²) in [5, 5.41) is 3.12. The van der Waals surface area contributed by atoms with Gasteiger partial charge in [0.2, 0.25) is 5.95 Å². The summed E-state index contributed by atoms with van der Waals surface area (Å²) in [6.07, 6.45) is 0. The number of aromatic nitrogens is 2. The fourth-order valence-electron chi connectivity index (χ4n) is 2.25. The van der Waals surface area contributed by atoms with E-state index < -0.39 is 0 Å². The van der Waals surface area contributed by atoms with Gasteiger partial charge in [0, 0.05) is 5.69 Å². The Morgan fingerprint density at radius 2 is 1.22 bits per heavy atom. The summed E-state index contributed by atoms with van der Waals surface area (Å²) in [5.74, 6) is 12.6. The minimum atomic E-state index is 0.386. The summed E-state index contributed by atoms with van der Waals surface area (Å²) >= 11 is 0. The molecule has 3 aromatic rings. The number of nitrogens with zero attached hydrogens (tertiary/aromatic N) is 2. The van der Waals surface area contributed by atoms with E-state index in [-0.39, 0.29) is 0 Å². The van der Waals surface area contributed by atoms with Gasteiger partial charge in [-0.3, -0.25) is 0 Å². The Morgan fingerprint density at radius 1 is 0.696 bits per heavy atom. The molecule has 0 aliphatic rings. The van der Waals surface area contributed by atoms with Gasteiger partial charge in [0.1, 0.15) is 0 Å². The van der Waals surface area contributed by atoms with Crippen LogP contribution in [0.1, 0.15) is 0 Å². The van der Waals surface area contributed by atoms with Gasteiger partial charge < -0.3 is 16.2 Å². The van der Waals surface area contributed by atoms with E-state index in [0.29, 0.717) is 23.1 Å². The van der Waals surface area contributed by atoms with Gasteiger partial charge in [-0.15, -0.1) is 0 Å². The van der Waals surface area contributed by atoms with Crippen LogP contribution < -0.4 is 27.9 Å². The molecule has 1 heterocycles. The van der Waals surface area contributed by atoms with Gasteiger partial charge >= 0.3 is 0 Å². The number of nitrogens with one attached hydrogen (secondary N) is 3. The lowest BCUT2D eigenvalue weighted by Crippen LogP contribution is -2.16. The van der Waals surface area contributed by atoms with E-state index in [9.17, 15) is 0 Å². The van der Waals surface area contributed by atoms with Gasteiger partial charge in [-0.2, -0.15) is 9.97 Å². The monoisotopic (exact) mass is 307 g/mol. The lowest BCUT2D eigenvalue weighted by atomic mass is 10.1. The second kappa shape index (κ2) is 6.73. The van der Waals surface area contributed by atoms with Crippen LogP contribution in [-0.2, 0) is 0 Å². The zero-order valence-corrected chi connectivity index (χ0v) is 12.3. The van der Waals surface area contributed by atoms with Crippen LogP contribution in [0.4, 0.5) is 23.3 Å². The van der Waals surface area contributed by atoms with Crippen molar-refractivity contribution in [3.05, 3.63) is 60.7 Å². The molecule has 0 aliphatic carbocycles. The molecule has 1 aromatic heterocycles. The number of hydrogen-bond donors (Lipinski definition) is 5. The molecule has 23 heavy (non-hydrogen) atoms. The summed E-state index contributed by atoms with van der Waals surface area (Å²) in [4.78, 5) is 8.84. The fraction of sp³-hybridized carbons (Fsp3) is 0. The van der Waals surface area contributed by atoms with E-state index in [1.165, 1.54) is 0 Å². The lowest BCUT2D eigenvalue weighted by Gasteiger charge is -2.15. The minimum Gasteiger partial charge on any atom is -0.324 e. The molecule has 0 spiro atoms. The number of rotatable bonds is 5. The van der Waals surface area contributed by atoms with Crippen molar-refractivity contribution >= 4 is 23.3 Å². The fourth-order valence-corrected chi connectivity index (χ4v) is 2.25. The molecule has 2 aromatic carbocycles. The molecular weight excluding hydrogens is 290 g/mol. The summed E-state index contributed by atoms with van der Waals surface area (Å²) in [7, 11) is 0. The highest BCUT2D eigenvalue weighted by molar-refractivity contribution is 5.85. The van der Waals surface area contributed by atoms with Crippen molar-refractivity contribution < 1.29 is 0 Å². The Balaban J connectivity index is 2.05. The van der Waals surface area contributed by atoms with Gasteiger partial charge in [0.25, 0.3) is 0 Å². The maximum Gasteiger partial charge on any atom is 0.231 e. The Labute approximate surface area is 133 Å². The summed E-state index contributed by atoms with van der Waals surface area (Å²) in [5.41, 5.74) is 7.69. The second-order valence-electron chi connectivity index (χ2n) is 4.77. The van der Waals surface area contributed by atoms with E-state index in [0.717, 1.165) is 11.3 Å². The van der Waals surface area contributed by atoms with Crippen molar-refractivity contribution in [2.75, 3.05) is 16.2 Å². The summed E-state index contributed by atoms with van der Waals surface area (Å²) in [6, 6.07) is 19.3. The average Bonchev–Trinajstić information content (AvgIpc) is 2.62. The van der Waals surface area contributed by atoms with Gasteiger partial charge in [0.05, 0.1) is 5.56 Å². The molecule has 0 bridgehead atoms. The number of hydrogen-bond acceptors (Lipinski definition) is 7. The van der Waals surface area contributed by atoms with Crippen LogP contribution in [0.3, 0.4) is 0 Å². The molecule has 7 heteroatoms. The van der Waals surface area contributed by atoms with Crippen LogP contribution in [0.5, 0.6) is 0 Å². The molecule has 116 valence electrons. The largest absolute Gasteiger partial charge is 0.324 e. The summed E-state index contributed by atoms with van der Waals surface area (Å²) < 4.78 is 0. The van der Waals surface area contributed by atoms with Crippen molar-refractivity contribution in [3.63, 3.8) is 0 Å². The maximum atomic E-state index is 5.64. The first-order valence-electron chi connectivity index (χ1n) is 7.04. The highest BCUT2D eigenvalue weighted by atomic mass is 15.3. The average molecular weight is 307 g/mol. The van der Waals surface area contributed by atoms with Crippen molar-refractivity contribution in [3.8, 4) is 11.1 Å². The van der Waals surface area contributed by atoms with Crippen molar-refractivity contribution in [2.45, 2.75) is 0 Å². The van der Waals surface area contributed by atoms with Crippen molar-refractivity contribution in [2.24, 2.45) is 11.7 Å². The minimum absolute atomic E-state index is 0.386. The lowest BCUT2D eigenvalue weighted by molar-refractivity contribution is 1.12. The van der Waals surface area contributed by atoms with E-state index in [4.69, 9.17) is 11.7 Å². The topological polar surface area (TPSA) is 114 Å². The molecule has 0 saturated heterocycles. The molecule has 7 nitrogen and oxygen atoms in total. The highest BCUT2D eigenvalue weighted by Gasteiger charge is 2.15. The third-order valence-corrected chi connectivity index (χ3v) is 3.27. The molecule has 0 aliphatic heterocycles. The predicted octanol–water partition coefficient (Wildman–Crippen LogP) is 2.46. The van der Waals surface area contributed by atoms with Crippen LogP contribution in [0.25, 0.3) is 11.1 Å². The van der Waals surface area contributed by atoms with Crippen molar-refractivity contribution in [1.82, 2.24) is 9.97 Å². The SMILES string of the molecule is NNc1nc(Nc2ccccc2)nc(NN)c1-c1ccccc1. The summed E-state index contributed by atoms with van der Waals surface area (Å²) in [6.45, 7) is 0. The van der Waals surface area contributed by atoms with Crippen LogP contribution >= 0.6 is 0 Å². The molecule has 0 amide bonds. The van der Waals surface area contributed by atoms with E-state index in [1.807, 2.05) is 60.7 Å². The standard InChI is InChI=1S/C16H17N7/c17-22-14-13(11-7-3-1-4-8-11)15(23-18)21-16(20-14)19-12-9-5-2-6-10-12/h1-10H,17-18H2,(H3,19,20,21,22,23). The van der Waals surface area contributed by atoms with Crippen molar-refractivity contribution in [1.29, 1.82) is 0 Å². The third-order valence-electron chi connectivity index (χ3n) is 3.27. The van der Waals surface area contributed by atoms with Crippen LogP contribution in [0.15, 0.2) is 60.7 Å². The number of hydrazine groups is 2. The number of nitrogens with two attached hydrogens (primary N) is 2. The van der Waals surface area contributed by atoms with E-state index in [1.54, 1.807) is 0 Å². The normalized spacial score (nSPS) is 10.2. The zero-order chi connectivity index (χ0) is 16.1. The molecule has 0 radical (unpaired) electrons. The van der Waals surface area contributed by atoms with Crippen LogP contribution in [0, 0.1) is 0 Å². The first kappa shape index (κ1) is 14.8. The van der Waals surface area contributed by atoms with Gasteiger partial charge in [-0.25, -0.2) is 11.7 Å². The number of benzene rings is 2. The van der Waals surface area contributed by atoms with E-state index >= 15 is 0 Å². The molecule has 7 N–H and O–H groups in total. The number of anilines is 4. The molecule has 0 atom stereocenters. The molecule has 0 unspecified atom stereocenters. The Hall–Kier alpha value is -3.16. The molecule has 0 fully saturated rings. The number of para-hydroxylation sites is 1. The van der Waals surface area contributed by atoms with Crippen LogP contribution in [0.2, 0.25) is 0 Å². The highest BCUT2D eigenvalue weighted by Crippen LogP contribution is 2.33. The van der Waals surface area contributed by atoms with Gasteiger partial charge in [0.15, 0.2) is 11.6 Å². The second-order valence-corrected chi connectivity index (χ2v) is 4.77. The zero-order valence-electron chi connectivity index (χ0n) is 12.3. The maximum absolute atomic E-state index is 5.64.